The molecule has 0 radical (unpaired) electrons. The molecule has 0 saturated carbocycles. The summed E-state index contributed by atoms with van der Waals surface area (Å²) in [5.41, 5.74) is 2.40. The van der Waals surface area contributed by atoms with Crippen LogP contribution in [-0.4, -0.2) is 31.6 Å². The van der Waals surface area contributed by atoms with Crippen LogP contribution in [0.3, 0.4) is 0 Å². The van der Waals surface area contributed by atoms with Gasteiger partial charge in [0.15, 0.2) is 4.32 Å². The lowest BCUT2D eigenvalue weighted by Crippen LogP contribution is -2.28. The van der Waals surface area contributed by atoms with Crippen LogP contribution in [0.5, 0.6) is 17.2 Å². The third-order valence-corrected chi connectivity index (χ3v) is 5.74. The van der Waals surface area contributed by atoms with E-state index in [0.717, 1.165) is 16.9 Å². The van der Waals surface area contributed by atoms with E-state index in [4.69, 9.17) is 26.4 Å². The normalized spacial score (nSPS) is 15.8. The molecule has 0 unspecified atom stereocenters. The topological polar surface area (TPSA) is 48.0 Å². The van der Waals surface area contributed by atoms with E-state index >= 15 is 0 Å². The van der Waals surface area contributed by atoms with Crippen molar-refractivity contribution in [1.29, 1.82) is 0 Å². The third kappa shape index (κ3) is 3.65. The summed E-state index contributed by atoms with van der Waals surface area (Å²) in [4.78, 5) is 15.2. The predicted octanol–water partition coefficient (Wildman–Crippen LogP) is 4.51. The van der Waals surface area contributed by atoms with E-state index in [1.165, 1.54) is 16.7 Å². The summed E-state index contributed by atoms with van der Waals surface area (Å²) in [7, 11) is 4.75. The van der Waals surface area contributed by atoms with Crippen LogP contribution >= 0.6 is 24.0 Å². The fraction of sp³-hybridized carbons (Fsp3) is 0.200. The van der Waals surface area contributed by atoms with Crippen LogP contribution in [-0.2, 0) is 4.79 Å². The zero-order valence-electron chi connectivity index (χ0n) is 15.4. The first-order valence-corrected chi connectivity index (χ1v) is 9.36. The summed E-state index contributed by atoms with van der Waals surface area (Å²) in [6.07, 6.45) is 0. The molecule has 1 aliphatic heterocycles. The lowest BCUT2D eigenvalue weighted by Gasteiger charge is -2.18. The minimum Gasteiger partial charge on any atom is -0.497 e. The summed E-state index contributed by atoms with van der Waals surface area (Å²) < 4.78 is 16.3. The van der Waals surface area contributed by atoms with Gasteiger partial charge in [0.2, 0.25) is 0 Å². The fourth-order valence-corrected chi connectivity index (χ4v) is 4.08. The van der Waals surface area contributed by atoms with Gasteiger partial charge in [-0.2, -0.15) is 0 Å². The summed E-state index contributed by atoms with van der Waals surface area (Å²) in [6, 6.07) is 12.9. The maximum absolute atomic E-state index is 13.1. The van der Waals surface area contributed by atoms with Crippen LogP contribution in [0.25, 0.3) is 5.57 Å². The molecule has 1 saturated heterocycles. The van der Waals surface area contributed by atoms with E-state index in [2.05, 4.69) is 0 Å². The van der Waals surface area contributed by atoms with E-state index in [1.54, 1.807) is 39.5 Å². The van der Waals surface area contributed by atoms with Crippen LogP contribution < -0.4 is 19.1 Å². The van der Waals surface area contributed by atoms with Gasteiger partial charge >= 0.3 is 0 Å². The highest BCUT2D eigenvalue weighted by Gasteiger charge is 2.36. The second-order valence-corrected chi connectivity index (χ2v) is 7.37. The number of ether oxygens (including phenoxy) is 3. The smallest absolute Gasteiger partial charge is 0.271 e. The molecule has 0 aliphatic carbocycles. The first-order valence-electron chi connectivity index (χ1n) is 8.13. The molecular weight excluding hydrogens is 382 g/mol. The minimum absolute atomic E-state index is 0.165. The molecular formula is C20H19NO4S2. The van der Waals surface area contributed by atoms with E-state index in [-0.39, 0.29) is 5.91 Å². The predicted molar refractivity (Wildman–Crippen MR) is 113 cm³/mol. The van der Waals surface area contributed by atoms with Crippen molar-refractivity contribution in [2.75, 3.05) is 26.2 Å². The standard InChI is InChI=1S/C20H19NO4S2/c1-12(13-5-7-14(23-2)8-6-13)18-19(22)21(20(26)27-18)16-10-9-15(24-3)11-17(16)25-4/h5-11H,1-4H3/b18-12-. The van der Waals surface area contributed by atoms with Gasteiger partial charge in [-0.3, -0.25) is 9.69 Å². The Morgan fingerprint density at radius 3 is 2.19 bits per heavy atom. The maximum atomic E-state index is 13.1. The van der Waals surface area contributed by atoms with E-state index < -0.39 is 0 Å². The first kappa shape index (κ1) is 19.3. The SMILES string of the molecule is COc1ccc(/C(C)=C2\SC(=S)N(c3ccc(OC)cc3OC)C2=O)cc1. The number of thioether (sulfide) groups is 1. The number of benzene rings is 2. The van der Waals surface area contributed by atoms with Crippen molar-refractivity contribution in [1.82, 2.24) is 0 Å². The molecule has 0 bridgehead atoms. The van der Waals surface area contributed by atoms with Crippen LogP contribution in [0.2, 0.25) is 0 Å². The molecule has 2 aromatic rings. The van der Waals surface area contributed by atoms with Crippen LogP contribution in [0.1, 0.15) is 12.5 Å². The van der Waals surface area contributed by atoms with Gasteiger partial charge in [-0.25, -0.2) is 0 Å². The Labute approximate surface area is 167 Å². The van der Waals surface area contributed by atoms with E-state index in [9.17, 15) is 4.79 Å². The van der Waals surface area contributed by atoms with Crippen molar-refractivity contribution in [3.8, 4) is 17.2 Å². The maximum Gasteiger partial charge on any atom is 0.271 e. The van der Waals surface area contributed by atoms with Gasteiger partial charge in [0.1, 0.15) is 17.2 Å². The number of carbonyl (C=O) groups is 1. The van der Waals surface area contributed by atoms with E-state index in [0.29, 0.717) is 26.4 Å². The Hall–Kier alpha value is -2.51. The Kier molecular flexibility index (Phi) is 5.72. The largest absolute Gasteiger partial charge is 0.497 e. The Balaban J connectivity index is 1.99. The highest BCUT2D eigenvalue weighted by atomic mass is 32.2. The van der Waals surface area contributed by atoms with E-state index in [1.807, 2.05) is 31.2 Å². The number of methoxy groups -OCH3 is 3. The molecule has 0 atom stereocenters. The number of hydrogen-bond donors (Lipinski definition) is 0. The summed E-state index contributed by atoms with van der Waals surface area (Å²) in [5, 5.41) is 0. The molecule has 1 fully saturated rings. The molecule has 0 N–H and O–H groups in total. The highest BCUT2D eigenvalue weighted by Crippen LogP contribution is 2.43. The molecule has 7 heteroatoms. The zero-order chi connectivity index (χ0) is 19.6. The Morgan fingerprint density at radius 1 is 0.963 bits per heavy atom. The summed E-state index contributed by atoms with van der Waals surface area (Å²) >= 11 is 6.77. The highest BCUT2D eigenvalue weighted by molar-refractivity contribution is 8.27. The van der Waals surface area contributed by atoms with Gasteiger partial charge in [-0.05, 0) is 42.3 Å². The molecule has 5 nitrogen and oxygen atoms in total. The van der Waals surface area contributed by atoms with Crippen molar-refractivity contribution in [2.45, 2.75) is 6.92 Å². The number of thiocarbonyl (C=S) groups is 1. The number of hydrogen-bond acceptors (Lipinski definition) is 6. The number of rotatable bonds is 5. The second-order valence-electron chi connectivity index (χ2n) is 5.73. The second kappa shape index (κ2) is 8.02. The Bertz CT molecular complexity index is 922. The number of anilines is 1. The number of nitrogens with zero attached hydrogens (tertiary/aromatic N) is 1. The number of carbonyl (C=O) groups excluding carboxylic acids is 1. The Morgan fingerprint density at radius 2 is 1.59 bits per heavy atom. The van der Waals surface area contributed by atoms with Gasteiger partial charge in [-0.1, -0.05) is 36.1 Å². The van der Waals surface area contributed by atoms with Crippen molar-refractivity contribution in [3.05, 3.63) is 52.9 Å². The van der Waals surface area contributed by atoms with Gasteiger partial charge in [0.25, 0.3) is 5.91 Å². The van der Waals surface area contributed by atoms with Crippen molar-refractivity contribution in [3.63, 3.8) is 0 Å². The molecule has 0 spiro atoms. The van der Waals surface area contributed by atoms with Gasteiger partial charge < -0.3 is 14.2 Å². The molecule has 0 aromatic heterocycles. The number of allylic oxidation sites excluding steroid dienone is 1. The number of amides is 1. The quantitative estimate of drug-likeness (QED) is 0.543. The van der Waals surface area contributed by atoms with Crippen LogP contribution in [0.4, 0.5) is 5.69 Å². The van der Waals surface area contributed by atoms with Crippen molar-refractivity contribution < 1.29 is 19.0 Å². The van der Waals surface area contributed by atoms with Gasteiger partial charge in [0.05, 0.1) is 31.9 Å². The fourth-order valence-electron chi connectivity index (χ4n) is 2.75. The summed E-state index contributed by atoms with van der Waals surface area (Å²) in [6.45, 7) is 1.92. The molecule has 3 rings (SSSR count). The zero-order valence-corrected chi connectivity index (χ0v) is 17.1. The van der Waals surface area contributed by atoms with Gasteiger partial charge in [-0.15, -0.1) is 0 Å². The lowest BCUT2D eigenvalue weighted by molar-refractivity contribution is -0.113. The molecule has 27 heavy (non-hydrogen) atoms. The monoisotopic (exact) mass is 401 g/mol. The average Bonchev–Trinajstić information content (AvgIpc) is 3.00. The first-order chi connectivity index (χ1) is 13.0. The van der Waals surface area contributed by atoms with Crippen molar-refractivity contribution in [2.24, 2.45) is 0 Å². The summed E-state index contributed by atoms with van der Waals surface area (Å²) in [5.74, 6) is 1.77. The minimum atomic E-state index is -0.165. The third-order valence-electron chi connectivity index (χ3n) is 4.26. The molecule has 1 amide bonds. The molecule has 1 heterocycles. The van der Waals surface area contributed by atoms with Crippen molar-refractivity contribution >= 4 is 45.5 Å². The van der Waals surface area contributed by atoms with Crippen LogP contribution in [0, 0.1) is 0 Å². The molecule has 140 valence electrons. The average molecular weight is 402 g/mol. The lowest BCUT2D eigenvalue weighted by atomic mass is 10.1. The van der Waals surface area contributed by atoms with Gasteiger partial charge in [0, 0.05) is 6.07 Å². The molecule has 2 aromatic carbocycles. The van der Waals surface area contributed by atoms with Crippen LogP contribution in [0.15, 0.2) is 47.4 Å². The molecule has 1 aliphatic rings.